The van der Waals surface area contributed by atoms with Crippen molar-refractivity contribution in [2.24, 2.45) is 0 Å². The van der Waals surface area contributed by atoms with Crippen molar-refractivity contribution in [2.75, 3.05) is 5.73 Å². The zero-order valence-electron chi connectivity index (χ0n) is 11.2. The van der Waals surface area contributed by atoms with E-state index in [1.54, 1.807) is 18.2 Å². The Morgan fingerprint density at radius 2 is 2.05 bits per heavy atom. The quantitative estimate of drug-likeness (QED) is 0.801. The normalized spacial score (nSPS) is 11.0. The van der Waals surface area contributed by atoms with Gasteiger partial charge in [0.25, 0.3) is 0 Å². The topological polar surface area (TPSA) is 65.4 Å². The highest BCUT2D eigenvalue weighted by molar-refractivity contribution is 6.35. The van der Waals surface area contributed by atoms with Crippen LogP contribution in [0, 0.1) is 6.92 Å². The third kappa shape index (κ3) is 2.75. The monoisotopic (exact) mass is 322 g/mol. The Kier molecular flexibility index (Phi) is 3.61. The average molecular weight is 323 g/mol. The molecule has 0 fully saturated rings. The Morgan fingerprint density at radius 3 is 2.81 bits per heavy atom. The van der Waals surface area contributed by atoms with Crippen molar-refractivity contribution in [3.05, 3.63) is 51.9 Å². The molecule has 2 N–H and O–H groups in total. The fourth-order valence-electron chi connectivity index (χ4n) is 2.04. The molecule has 1 aromatic carbocycles. The Bertz CT molecular complexity index is 816. The lowest BCUT2D eigenvalue weighted by Crippen LogP contribution is -2.03. The first-order chi connectivity index (χ1) is 10.0. The molecule has 3 aromatic rings. The molecule has 7 heteroatoms. The van der Waals surface area contributed by atoms with E-state index in [4.69, 9.17) is 33.7 Å². The van der Waals surface area contributed by atoms with Crippen LogP contribution in [0.3, 0.4) is 0 Å². The first-order valence-corrected chi connectivity index (χ1v) is 6.98. The van der Waals surface area contributed by atoms with Gasteiger partial charge in [0.05, 0.1) is 10.7 Å². The van der Waals surface area contributed by atoms with Crippen LogP contribution in [-0.2, 0) is 6.61 Å². The summed E-state index contributed by atoms with van der Waals surface area (Å²) in [6.45, 7) is 2.18. The first-order valence-electron chi connectivity index (χ1n) is 6.22. The van der Waals surface area contributed by atoms with Crippen LogP contribution in [-0.4, -0.2) is 14.6 Å². The molecule has 108 valence electrons. The number of nitrogens with zero attached hydrogens (tertiary/aromatic N) is 3. The summed E-state index contributed by atoms with van der Waals surface area (Å²) in [6.07, 6.45) is 1.91. The van der Waals surface area contributed by atoms with Crippen molar-refractivity contribution in [3.63, 3.8) is 0 Å². The predicted molar refractivity (Wildman–Crippen MR) is 82.9 cm³/mol. The lowest BCUT2D eigenvalue weighted by molar-refractivity contribution is 0.294. The van der Waals surface area contributed by atoms with Gasteiger partial charge >= 0.3 is 0 Å². The number of fused-ring (bicyclic) bond motifs is 1. The number of halogens is 2. The van der Waals surface area contributed by atoms with Gasteiger partial charge in [0.15, 0.2) is 11.5 Å². The number of nitrogens with two attached hydrogens (primary N) is 1. The number of hydrogen-bond donors (Lipinski definition) is 1. The van der Waals surface area contributed by atoms with Gasteiger partial charge in [0.1, 0.15) is 12.4 Å². The zero-order valence-corrected chi connectivity index (χ0v) is 12.7. The van der Waals surface area contributed by atoms with Gasteiger partial charge in [0, 0.05) is 11.2 Å². The molecule has 2 aromatic heterocycles. The smallest absolute Gasteiger partial charge is 0.184 e. The summed E-state index contributed by atoms with van der Waals surface area (Å²) in [6, 6.07) is 6.91. The van der Waals surface area contributed by atoms with Gasteiger partial charge in [-0.15, -0.1) is 10.2 Å². The Balaban J connectivity index is 1.88. The number of benzene rings is 1. The minimum absolute atomic E-state index is 0.228. The standard InChI is InChI=1S/C14H12Cl2N4O/c1-8-4-11(17)14-19-18-13(20(14)6-8)7-21-12-3-2-9(15)5-10(12)16/h2-6H,7,17H2,1H3. The number of aromatic nitrogens is 3. The second kappa shape index (κ2) is 5.42. The minimum atomic E-state index is 0.228. The van der Waals surface area contributed by atoms with E-state index in [9.17, 15) is 0 Å². The van der Waals surface area contributed by atoms with Gasteiger partial charge in [-0.2, -0.15) is 0 Å². The number of pyridine rings is 1. The van der Waals surface area contributed by atoms with E-state index in [2.05, 4.69) is 10.2 Å². The highest BCUT2D eigenvalue weighted by atomic mass is 35.5. The van der Waals surface area contributed by atoms with Crippen molar-refractivity contribution in [3.8, 4) is 5.75 Å². The van der Waals surface area contributed by atoms with E-state index in [-0.39, 0.29) is 6.61 Å². The molecule has 0 bridgehead atoms. The maximum Gasteiger partial charge on any atom is 0.184 e. The second-order valence-corrected chi connectivity index (χ2v) is 5.49. The van der Waals surface area contributed by atoms with Crippen LogP contribution in [0.5, 0.6) is 5.75 Å². The van der Waals surface area contributed by atoms with Crippen molar-refractivity contribution < 1.29 is 4.74 Å². The van der Waals surface area contributed by atoms with Gasteiger partial charge < -0.3 is 10.5 Å². The summed E-state index contributed by atoms with van der Waals surface area (Å²) in [5.41, 5.74) is 8.13. The summed E-state index contributed by atoms with van der Waals surface area (Å²) in [4.78, 5) is 0. The van der Waals surface area contributed by atoms with Crippen LogP contribution >= 0.6 is 23.2 Å². The largest absolute Gasteiger partial charge is 0.484 e. The van der Waals surface area contributed by atoms with E-state index in [1.807, 2.05) is 23.6 Å². The molecule has 0 unspecified atom stereocenters. The summed E-state index contributed by atoms with van der Waals surface area (Å²) < 4.78 is 7.48. The SMILES string of the molecule is Cc1cc(N)c2nnc(COc3ccc(Cl)cc3Cl)n2c1. The maximum absolute atomic E-state index is 6.07. The van der Waals surface area contributed by atoms with E-state index >= 15 is 0 Å². The fourth-order valence-corrected chi connectivity index (χ4v) is 2.50. The molecule has 21 heavy (non-hydrogen) atoms. The lowest BCUT2D eigenvalue weighted by atomic mass is 10.3. The summed E-state index contributed by atoms with van der Waals surface area (Å²) >= 11 is 11.9. The molecule has 0 aliphatic carbocycles. The van der Waals surface area contributed by atoms with E-state index in [0.29, 0.717) is 33.0 Å². The van der Waals surface area contributed by atoms with Gasteiger partial charge in [-0.3, -0.25) is 4.40 Å². The molecule has 0 atom stereocenters. The highest BCUT2D eigenvalue weighted by Crippen LogP contribution is 2.28. The third-order valence-corrected chi connectivity index (χ3v) is 3.52. The number of ether oxygens (including phenoxy) is 1. The van der Waals surface area contributed by atoms with Crippen molar-refractivity contribution in [2.45, 2.75) is 13.5 Å². The molecule has 0 radical (unpaired) electrons. The molecule has 0 saturated carbocycles. The number of nitrogen functional groups attached to an aromatic ring is 1. The minimum Gasteiger partial charge on any atom is -0.484 e. The van der Waals surface area contributed by atoms with E-state index in [1.165, 1.54) is 0 Å². The molecule has 0 aliphatic heterocycles. The number of anilines is 1. The van der Waals surface area contributed by atoms with Crippen molar-refractivity contribution in [1.29, 1.82) is 0 Å². The van der Waals surface area contributed by atoms with Crippen LogP contribution in [0.15, 0.2) is 30.5 Å². The van der Waals surface area contributed by atoms with Crippen molar-refractivity contribution in [1.82, 2.24) is 14.6 Å². The first kappa shape index (κ1) is 14.0. The Hall–Kier alpha value is -1.98. The number of rotatable bonds is 3. The highest BCUT2D eigenvalue weighted by Gasteiger charge is 2.10. The number of aryl methyl sites for hydroxylation is 1. The molecule has 0 aliphatic rings. The lowest BCUT2D eigenvalue weighted by Gasteiger charge is -2.08. The Labute approximate surface area is 131 Å². The molecular weight excluding hydrogens is 311 g/mol. The van der Waals surface area contributed by atoms with Crippen LogP contribution in [0.2, 0.25) is 10.0 Å². The molecule has 0 amide bonds. The van der Waals surface area contributed by atoms with Gasteiger partial charge in [0.2, 0.25) is 0 Å². The zero-order chi connectivity index (χ0) is 15.0. The molecule has 0 saturated heterocycles. The van der Waals surface area contributed by atoms with Gasteiger partial charge in [-0.05, 0) is 36.8 Å². The summed E-state index contributed by atoms with van der Waals surface area (Å²) in [5, 5.41) is 9.17. The second-order valence-electron chi connectivity index (χ2n) is 4.65. The maximum atomic E-state index is 6.07. The molecule has 3 rings (SSSR count). The molecule has 5 nitrogen and oxygen atoms in total. The fraction of sp³-hybridized carbons (Fsp3) is 0.143. The van der Waals surface area contributed by atoms with E-state index in [0.717, 1.165) is 5.56 Å². The molecule has 0 spiro atoms. The average Bonchev–Trinajstić information content (AvgIpc) is 2.81. The predicted octanol–water partition coefficient (Wildman–Crippen LogP) is 3.51. The Morgan fingerprint density at radius 1 is 1.24 bits per heavy atom. The van der Waals surface area contributed by atoms with E-state index < -0.39 is 0 Å². The molecular formula is C14H12Cl2N4O. The van der Waals surface area contributed by atoms with Crippen LogP contribution in [0.25, 0.3) is 5.65 Å². The summed E-state index contributed by atoms with van der Waals surface area (Å²) in [5.74, 6) is 1.19. The van der Waals surface area contributed by atoms with Crippen LogP contribution < -0.4 is 10.5 Å². The van der Waals surface area contributed by atoms with Crippen LogP contribution in [0.1, 0.15) is 11.4 Å². The van der Waals surface area contributed by atoms with Gasteiger partial charge in [-0.1, -0.05) is 23.2 Å². The summed E-state index contributed by atoms with van der Waals surface area (Å²) in [7, 11) is 0. The van der Waals surface area contributed by atoms with Crippen LogP contribution in [0.4, 0.5) is 5.69 Å². The van der Waals surface area contributed by atoms with Crippen molar-refractivity contribution >= 4 is 34.5 Å². The third-order valence-electron chi connectivity index (χ3n) is 2.99. The molecule has 2 heterocycles. The number of hydrogen-bond acceptors (Lipinski definition) is 4. The van der Waals surface area contributed by atoms with Gasteiger partial charge in [-0.25, -0.2) is 0 Å².